The van der Waals surface area contributed by atoms with Crippen molar-refractivity contribution < 1.29 is 14.4 Å². The van der Waals surface area contributed by atoms with Crippen molar-refractivity contribution in [3.8, 4) is 0 Å². The van der Waals surface area contributed by atoms with E-state index in [0.29, 0.717) is 35.0 Å². The molecule has 0 unspecified atom stereocenters. The highest BCUT2D eigenvalue weighted by Gasteiger charge is 2.70. The summed E-state index contributed by atoms with van der Waals surface area (Å²) in [6.45, 7) is 7.99. The second-order valence-electron chi connectivity index (χ2n) is 8.64. The first-order chi connectivity index (χ1) is 13.2. The van der Waals surface area contributed by atoms with Gasteiger partial charge in [0.1, 0.15) is 5.54 Å². The Morgan fingerprint density at radius 1 is 1.18 bits per heavy atom. The van der Waals surface area contributed by atoms with Crippen LogP contribution in [-0.4, -0.2) is 34.7 Å². The van der Waals surface area contributed by atoms with Gasteiger partial charge in [0.25, 0.3) is 0 Å². The van der Waals surface area contributed by atoms with Crippen molar-refractivity contribution in [1.82, 2.24) is 10.2 Å². The molecule has 6 nitrogen and oxygen atoms in total. The molecule has 2 saturated heterocycles. The Hall–Kier alpha value is -1.92. The second-order valence-corrected chi connectivity index (χ2v) is 9.08. The Balaban J connectivity index is 1.89. The molecule has 0 aliphatic carbocycles. The number of nitrogens with one attached hydrogen (secondary N) is 2. The predicted molar refractivity (Wildman–Crippen MR) is 107 cm³/mol. The van der Waals surface area contributed by atoms with Gasteiger partial charge in [-0.25, -0.2) is 0 Å². The molecule has 0 saturated carbocycles. The molecule has 5 atom stereocenters. The lowest BCUT2D eigenvalue weighted by molar-refractivity contribution is -0.145. The van der Waals surface area contributed by atoms with Crippen molar-refractivity contribution in [2.24, 2.45) is 17.8 Å². The average Bonchev–Trinajstić information content (AvgIpc) is 3.20. The standard InChI is InChI=1S/C21H26ClN3O3/c1-5-11(4)25-18(26)16-15(8-10(2)3)24-21(17(16)19(25)27)13-9-12(22)6-7-14(13)23-20(21)28/h6-7,9-11,15-17,24H,5,8H2,1-4H3,(H,23,28)/t11-,15+,16+,17-,21-/m0/s1. The maximum Gasteiger partial charge on any atom is 0.250 e. The SMILES string of the molecule is CC[C@H](C)N1C(=O)[C@H]2[C@@H](C1=O)[C@]1(N[C@@H]2CC(C)C)C(=O)Nc2ccc(Cl)cc21. The maximum atomic E-state index is 13.5. The van der Waals surface area contributed by atoms with Gasteiger partial charge in [-0.3, -0.25) is 24.6 Å². The van der Waals surface area contributed by atoms with Crippen molar-refractivity contribution >= 4 is 35.0 Å². The Morgan fingerprint density at radius 3 is 2.54 bits per heavy atom. The average molecular weight is 404 g/mol. The predicted octanol–water partition coefficient (Wildman–Crippen LogP) is 2.91. The summed E-state index contributed by atoms with van der Waals surface area (Å²) in [6.07, 6.45) is 1.39. The number of imide groups is 1. The van der Waals surface area contributed by atoms with Gasteiger partial charge in [-0.2, -0.15) is 0 Å². The minimum absolute atomic E-state index is 0.164. The van der Waals surface area contributed by atoms with Gasteiger partial charge in [0.2, 0.25) is 17.7 Å². The number of nitrogens with zero attached hydrogens (tertiary/aromatic N) is 1. The molecule has 150 valence electrons. The van der Waals surface area contributed by atoms with Gasteiger partial charge in [-0.05, 0) is 43.9 Å². The lowest BCUT2D eigenvalue weighted by atomic mass is 9.76. The first-order valence-electron chi connectivity index (χ1n) is 9.98. The molecule has 3 amide bonds. The van der Waals surface area contributed by atoms with Crippen LogP contribution in [0.25, 0.3) is 0 Å². The fourth-order valence-electron chi connectivity index (χ4n) is 5.12. The van der Waals surface area contributed by atoms with Crippen LogP contribution in [0.3, 0.4) is 0 Å². The smallest absolute Gasteiger partial charge is 0.250 e. The first kappa shape index (κ1) is 19.4. The third-order valence-corrected chi connectivity index (χ3v) is 6.70. The number of rotatable bonds is 4. The lowest BCUT2D eigenvalue weighted by Crippen LogP contribution is -2.54. The van der Waals surface area contributed by atoms with E-state index in [0.717, 1.165) is 0 Å². The Morgan fingerprint density at radius 2 is 1.89 bits per heavy atom. The van der Waals surface area contributed by atoms with Gasteiger partial charge in [0.05, 0.1) is 11.8 Å². The summed E-state index contributed by atoms with van der Waals surface area (Å²) < 4.78 is 0. The van der Waals surface area contributed by atoms with Gasteiger partial charge in [0.15, 0.2) is 0 Å². The number of fused-ring (bicyclic) bond motifs is 4. The zero-order valence-electron chi connectivity index (χ0n) is 16.6. The molecule has 1 aromatic rings. The minimum Gasteiger partial charge on any atom is -0.324 e. The molecule has 1 spiro atoms. The molecule has 2 N–H and O–H groups in total. The summed E-state index contributed by atoms with van der Waals surface area (Å²) in [5.74, 6) is -1.68. The Kier molecular flexibility index (Phi) is 4.55. The number of benzene rings is 1. The highest BCUT2D eigenvalue weighted by molar-refractivity contribution is 6.31. The number of hydrogen-bond acceptors (Lipinski definition) is 4. The third kappa shape index (κ3) is 2.47. The highest BCUT2D eigenvalue weighted by atomic mass is 35.5. The van der Waals surface area contributed by atoms with E-state index in [1.807, 2.05) is 13.8 Å². The third-order valence-electron chi connectivity index (χ3n) is 6.47. The Labute approximate surface area is 170 Å². The number of anilines is 1. The van der Waals surface area contributed by atoms with E-state index in [4.69, 9.17) is 11.6 Å². The highest BCUT2D eigenvalue weighted by Crippen LogP contribution is 2.54. The van der Waals surface area contributed by atoms with Crippen LogP contribution >= 0.6 is 11.6 Å². The summed E-state index contributed by atoms with van der Waals surface area (Å²) in [5.41, 5.74) is 0.0610. The molecule has 0 bridgehead atoms. The molecule has 28 heavy (non-hydrogen) atoms. The maximum absolute atomic E-state index is 13.5. The van der Waals surface area contributed by atoms with E-state index in [1.54, 1.807) is 18.2 Å². The quantitative estimate of drug-likeness (QED) is 0.757. The van der Waals surface area contributed by atoms with Crippen molar-refractivity contribution in [1.29, 1.82) is 0 Å². The van der Waals surface area contributed by atoms with Crippen LogP contribution in [0.2, 0.25) is 5.02 Å². The summed E-state index contributed by atoms with van der Waals surface area (Å²) in [6, 6.07) is 4.77. The van der Waals surface area contributed by atoms with Gasteiger partial charge >= 0.3 is 0 Å². The van der Waals surface area contributed by atoms with Crippen LogP contribution in [0, 0.1) is 17.8 Å². The number of amides is 3. The van der Waals surface area contributed by atoms with E-state index < -0.39 is 17.4 Å². The molecule has 1 aromatic carbocycles. The van der Waals surface area contributed by atoms with Crippen molar-refractivity contribution in [3.05, 3.63) is 28.8 Å². The summed E-state index contributed by atoms with van der Waals surface area (Å²) in [7, 11) is 0. The van der Waals surface area contributed by atoms with Gasteiger partial charge in [-0.15, -0.1) is 0 Å². The van der Waals surface area contributed by atoms with E-state index in [-0.39, 0.29) is 29.8 Å². The summed E-state index contributed by atoms with van der Waals surface area (Å²) in [5, 5.41) is 6.82. The molecule has 4 rings (SSSR count). The normalized spacial score (nSPS) is 32.3. The van der Waals surface area contributed by atoms with E-state index in [2.05, 4.69) is 24.5 Å². The van der Waals surface area contributed by atoms with E-state index >= 15 is 0 Å². The molecule has 3 aliphatic heterocycles. The van der Waals surface area contributed by atoms with Gasteiger partial charge in [0, 0.05) is 28.4 Å². The molecule has 3 heterocycles. The number of halogens is 1. The minimum atomic E-state index is -1.25. The molecule has 2 fully saturated rings. The number of likely N-dealkylation sites (tertiary alicyclic amines) is 1. The Bertz CT molecular complexity index is 870. The van der Waals surface area contributed by atoms with Crippen LogP contribution in [0.15, 0.2) is 18.2 Å². The molecular formula is C21H26ClN3O3. The van der Waals surface area contributed by atoms with Crippen molar-refractivity contribution in [2.45, 2.75) is 58.2 Å². The lowest BCUT2D eigenvalue weighted by Gasteiger charge is -2.31. The zero-order chi connectivity index (χ0) is 20.4. The second kappa shape index (κ2) is 6.56. The molecule has 7 heteroatoms. The van der Waals surface area contributed by atoms with Crippen LogP contribution < -0.4 is 10.6 Å². The zero-order valence-corrected chi connectivity index (χ0v) is 17.3. The molecule has 0 radical (unpaired) electrons. The number of hydrogen-bond donors (Lipinski definition) is 2. The number of carbonyl (C=O) groups excluding carboxylic acids is 3. The number of carbonyl (C=O) groups is 3. The van der Waals surface area contributed by atoms with Gasteiger partial charge in [-0.1, -0.05) is 32.4 Å². The van der Waals surface area contributed by atoms with Crippen molar-refractivity contribution in [3.63, 3.8) is 0 Å². The summed E-state index contributed by atoms with van der Waals surface area (Å²) in [4.78, 5) is 41.4. The van der Waals surface area contributed by atoms with Crippen LogP contribution in [-0.2, 0) is 19.9 Å². The monoisotopic (exact) mass is 403 g/mol. The molecule has 0 aromatic heterocycles. The fourth-order valence-corrected chi connectivity index (χ4v) is 5.30. The molecule has 3 aliphatic rings. The molecular weight excluding hydrogens is 378 g/mol. The van der Waals surface area contributed by atoms with Crippen LogP contribution in [0.4, 0.5) is 5.69 Å². The fraction of sp³-hybridized carbons (Fsp3) is 0.571. The largest absolute Gasteiger partial charge is 0.324 e. The van der Waals surface area contributed by atoms with E-state index in [9.17, 15) is 14.4 Å². The first-order valence-corrected chi connectivity index (χ1v) is 10.4. The van der Waals surface area contributed by atoms with Crippen LogP contribution in [0.1, 0.15) is 46.1 Å². The van der Waals surface area contributed by atoms with Crippen LogP contribution in [0.5, 0.6) is 0 Å². The van der Waals surface area contributed by atoms with Gasteiger partial charge < -0.3 is 5.32 Å². The summed E-state index contributed by atoms with van der Waals surface area (Å²) >= 11 is 6.23. The van der Waals surface area contributed by atoms with Crippen molar-refractivity contribution in [2.75, 3.05) is 5.32 Å². The topological polar surface area (TPSA) is 78.5 Å². The van der Waals surface area contributed by atoms with E-state index in [1.165, 1.54) is 4.90 Å².